The zero-order chi connectivity index (χ0) is 23.7. The van der Waals surface area contributed by atoms with Crippen LogP contribution in [0.2, 0.25) is 0 Å². The molecule has 0 fully saturated rings. The number of esters is 2. The van der Waals surface area contributed by atoms with Crippen LogP contribution < -0.4 is 34.3 Å². The van der Waals surface area contributed by atoms with Gasteiger partial charge in [-0.15, -0.1) is 0 Å². The van der Waals surface area contributed by atoms with E-state index in [1.165, 1.54) is 14.2 Å². The fourth-order valence-electron chi connectivity index (χ4n) is 3.53. The van der Waals surface area contributed by atoms with Gasteiger partial charge in [0.25, 0.3) is 0 Å². The molecule has 0 heterocycles. The molecule has 10 heteroatoms. The number of hydrogen-bond acceptors (Lipinski definition) is 8. The van der Waals surface area contributed by atoms with Crippen LogP contribution in [-0.4, -0.2) is 51.5 Å². The van der Waals surface area contributed by atoms with Crippen molar-refractivity contribution in [3.63, 3.8) is 0 Å². The van der Waals surface area contributed by atoms with Gasteiger partial charge in [0.05, 0.1) is 42.3 Å². The van der Waals surface area contributed by atoms with Gasteiger partial charge in [-0.2, -0.15) is 0 Å². The summed E-state index contributed by atoms with van der Waals surface area (Å²) in [4.78, 5) is 24.8. The van der Waals surface area contributed by atoms with Crippen molar-refractivity contribution in [1.82, 2.24) is 0 Å². The van der Waals surface area contributed by atoms with Crippen molar-refractivity contribution in [1.29, 1.82) is 0 Å². The van der Waals surface area contributed by atoms with Crippen molar-refractivity contribution < 1.29 is 66.3 Å². The summed E-state index contributed by atoms with van der Waals surface area (Å²) in [6.07, 6.45) is 1.54. The van der Waals surface area contributed by atoms with Gasteiger partial charge in [0, 0.05) is 5.75 Å². The Morgan fingerprint density at radius 3 is 2.16 bits per heavy atom. The molecule has 1 aromatic rings. The molecular formula is C22H33NaO8S. The van der Waals surface area contributed by atoms with E-state index in [4.69, 9.17) is 14.2 Å². The molecule has 0 radical (unpaired) electrons. The van der Waals surface area contributed by atoms with Gasteiger partial charge < -0.3 is 18.8 Å². The molecule has 0 saturated carbocycles. The van der Waals surface area contributed by atoms with E-state index in [0.717, 1.165) is 5.56 Å². The minimum atomic E-state index is -4.20. The Hall–Kier alpha value is -1.13. The Balaban J connectivity index is 0.00000961. The van der Waals surface area contributed by atoms with E-state index in [0.29, 0.717) is 31.6 Å². The van der Waals surface area contributed by atoms with Gasteiger partial charge in [-0.3, -0.25) is 9.59 Å². The number of carbonyl (C=O) groups is 2. The topological polar surface area (TPSA) is 119 Å². The van der Waals surface area contributed by atoms with Crippen LogP contribution in [0.25, 0.3) is 0 Å². The zero-order valence-corrected chi connectivity index (χ0v) is 22.7. The van der Waals surface area contributed by atoms with Crippen LogP contribution in [0.4, 0.5) is 0 Å². The summed E-state index contributed by atoms with van der Waals surface area (Å²) in [5.74, 6) is -1.20. The first kappa shape index (κ1) is 30.9. The molecule has 0 N–H and O–H groups in total. The predicted molar refractivity (Wildman–Crippen MR) is 115 cm³/mol. The molecule has 0 saturated heterocycles. The zero-order valence-electron chi connectivity index (χ0n) is 19.9. The van der Waals surface area contributed by atoms with Crippen molar-refractivity contribution >= 4 is 22.1 Å². The molecule has 3 unspecified atom stereocenters. The second-order valence-corrected chi connectivity index (χ2v) is 9.37. The van der Waals surface area contributed by atoms with Crippen LogP contribution in [0.3, 0.4) is 0 Å². The van der Waals surface area contributed by atoms with Gasteiger partial charge in [0.2, 0.25) is 0 Å². The molecule has 0 aromatic heterocycles. The van der Waals surface area contributed by atoms with Gasteiger partial charge >= 0.3 is 41.5 Å². The number of unbranched alkanes of at least 4 members (excludes halogenated alkanes) is 1. The van der Waals surface area contributed by atoms with E-state index >= 15 is 0 Å². The van der Waals surface area contributed by atoms with E-state index in [-0.39, 0.29) is 47.9 Å². The molecule has 0 spiro atoms. The van der Waals surface area contributed by atoms with Crippen molar-refractivity contribution in [3.8, 4) is 5.75 Å². The fraction of sp³-hybridized carbons (Fsp3) is 0.636. The number of benzene rings is 1. The minimum Gasteiger partial charge on any atom is -0.748 e. The summed E-state index contributed by atoms with van der Waals surface area (Å²) in [6.45, 7) is 5.88. The molecule has 8 nitrogen and oxygen atoms in total. The van der Waals surface area contributed by atoms with Crippen molar-refractivity contribution in [2.75, 3.05) is 26.6 Å². The van der Waals surface area contributed by atoms with Crippen LogP contribution in [-0.2, 0) is 29.2 Å². The monoisotopic (exact) mass is 480 g/mol. The average molecular weight is 481 g/mol. The standard InChI is InChI=1S/C22H34O8S.Na/c1-6-17(20(23)28-4)15-22(3,21(24)29-5)16(2)18-9-11-19(12-10-18)30-13-7-8-14-31(25,26)27;/h9-12,16-17H,6-8,13-15H2,1-5H3,(H,25,26,27);/q;+1/p-1. The van der Waals surface area contributed by atoms with Gasteiger partial charge in [0.1, 0.15) is 5.75 Å². The van der Waals surface area contributed by atoms with Crippen LogP contribution >= 0.6 is 0 Å². The average Bonchev–Trinajstić information content (AvgIpc) is 2.75. The molecule has 0 aliphatic heterocycles. The maximum atomic E-state index is 12.7. The number of carbonyl (C=O) groups excluding carboxylic acids is 2. The molecule has 1 aromatic carbocycles. The quantitative estimate of drug-likeness (QED) is 0.171. The van der Waals surface area contributed by atoms with Crippen LogP contribution in [0, 0.1) is 11.3 Å². The van der Waals surface area contributed by atoms with Crippen molar-refractivity contribution in [2.45, 2.75) is 52.4 Å². The van der Waals surface area contributed by atoms with E-state index in [9.17, 15) is 22.6 Å². The summed E-state index contributed by atoms with van der Waals surface area (Å²) in [7, 11) is -1.53. The van der Waals surface area contributed by atoms with Crippen molar-refractivity contribution in [3.05, 3.63) is 29.8 Å². The Bertz CT molecular complexity index is 825. The summed E-state index contributed by atoms with van der Waals surface area (Å²) in [5, 5.41) is 0. The minimum absolute atomic E-state index is 0. The number of rotatable bonds is 13. The molecule has 0 aliphatic carbocycles. The maximum Gasteiger partial charge on any atom is 1.00 e. The first-order chi connectivity index (χ1) is 14.5. The van der Waals surface area contributed by atoms with Crippen LogP contribution in [0.15, 0.2) is 24.3 Å². The summed E-state index contributed by atoms with van der Waals surface area (Å²) in [6, 6.07) is 7.24. The summed E-state index contributed by atoms with van der Waals surface area (Å²) < 4.78 is 47.3. The largest absolute Gasteiger partial charge is 1.00 e. The summed E-state index contributed by atoms with van der Waals surface area (Å²) >= 11 is 0. The van der Waals surface area contributed by atoms with Gasteiger partial charge in [-0.1, -0.05) is 26.0 Å². The second-order valence-electron chi connectivity index (χ2n) is 7.85. The summed E-state index contributed by atoms with van der Waals surface area (Å²) in [5.41, 5.74) is -0.0482. The first-order valence-corrected chi connectivity index (χ1v) is 11.9. The fourth-order valence-corrected chi connectivity index (χ4v) is 4.09. The van der Waals surface area contributed by atoms with E-state index < -0.39 is 33.2 Å². The predicted octanol–water partition coefficient (Wildman–Crippen LogP) is 0.267. The molecule has 32 heavy (non-hydrogen) atoms. The first-order valence-electron chi connectivity index (χ1n) is 10.3. The van der Waals surface area contributed by atoms with Crippen molar-refractivity contribution in [2.24, 2.45) is 11.3 Å². The van der Waals surface area contributed by atoms with Gasteiger partial charge in [0.15, 0.2) is 0 Å². The van der Waals surface area contributed by atoms with Crippen LogP contribution in [0.1, 0.15) is 57.9 Å². The number of methoxy groups -OCH3 is 2. The van der Waals surface area contributed by atoms with Crippen LogP contribution in [0.5, 0.6) is 5.75 Å². The Morgan fingerprint density at radius 1 is 1.09 bits per heavy atom. The van der Waals surface area contributed by atoms with E-state index in [1.54, 1.807) is 19.1 Å². The Kier molecular flexibility index (Phi) is 13.7. The third-order valence-corrected chi connectivity index (χ3v) is 6.53. The molecule has 0 aliphatic rings. The molecule has 3 atom stereocenters. The Morgan fingerprint density at radius 2 is 1.69 bits per heavy atom. The molecule has 0 amide bonds. The molecule has 1 rings (SSSR count). The maximum absolute atomic E-state index is 12.7. The van der Waals surface area contributed by atoms with E-state index in [2.05, 4.69) is 0 Å². The Labute approximate surface area is 213 Å². The normalized spacial score (nSPS) is 14.9. The third kappa shape index (κ3) is 9.39. The SMILES string of the molecule is CCC(CC(C)(C(=O)OC)C(C)c1ccc(OCCCCS(=O)(=O)[O-])cc1)C(=O)OC.[Na+]. The number of ether oxygens (including phenoxy) is 3. The molecular weight excluding hydrogens is 447 g/mol. The van der Waals surface area contributed by atoms with Gasteiger partial charge in [-0.25, -0.2) is 8.42 Å². The third-order valence-electron chi connectivity index (χ3n) is 5.74. The second kappa shape index (κ2) is 14.2. The van der Waals surface area contributed by atoms with Gasteiger partial charge in [-0.05, 0) is 56.2 Å². The smallest absolute Gasteiger partial charge is 0.748 e. The van der Waals surface area contributed by atoms with E-state index in [1.807, 2.05) is 26.0 Å². The number of hydrogen-bond donors (Lipinski definition) is 0. The molecule has 176 valence electrons. The molecule has 0 bridgehead atoms.